The molecule has 76 valence electrons. The third-order valence-corrected chi connectivity index (χ3v) is 2.29. The van der Waals surface area contributed by atoms with Crippen LogP contribution < -0.4 is 5.32 Å². The maximum Gasteiger partial charge on any atom is 0.248 e. The van der Waals surface area contributed by atoms with Crippen LogP contribution in [0.3, 0.4) is 0 Å². The van der Waals surface area contributed by atoms with E-state index in [9.17, 15) is 4.79 Å². The first kappa shape index (κ1) is 10.5. The summed E-state index contributed by atoms with van der Waals surface area (Å²) in [7, 11) is 0. The number of aliphatic hydroxyl groups excluding tert-OH is 1. The molecule has 0 unspecified atom stereocenters. The van der Waals surface area contributed by atoms with Crippen LogP contribution in [0.25, 0.3) is 0 Å². The van der Waals surface area contributed by atoms with E-state index >= 15 is 0 Å². The second-order valence-electron chi connectivity index (χ2n) is 3.48. The van der Waals surface area contributed by atoms with Crippen molar-refractivity contribution in [1.29, 1.82) is 0 Å². The number of nitrogens with one attached hydrogen (secondary N) is 1. The van der Waals surface area contributed by atoms with E-state index < -0.39 is 6.10 Å². The van der Waals surface area contributed by atoms with Crippen molar-refractivity contribution in [1.82, 2.24) is 5.32 Å². The summed E-state index contributed by atoms with van der Waals surface area (Å²) in [5.41, 5.74) is 0. The molecule has 1 heterocycles. The Labute approximate surface area is 78.3 Å². The molecule has 0 spiro atoms. The first-order valence-electron chi connectivity index (χ1n) is 4.73. The Bertz CT molecular complexity index is 164. The number of carbonyl (C=O) groups excluding carboxylic acids is 1. The summed E-state index contributed by atoms with van der Waals surface area (Å²) in [6.45, 7) is 3.71. The lowest BCUT2D eigenvalue weighted by atomic mass is 10.0. The van der Waals surface area contributed by atoms with Gasteiger partial charge in [0.1, 0.15) is 6.10 Å². The van der Waals surface area contributed by atoms with Crippen molar-refractivity contribution >= 4 is 5.91 Å². The van der Waals surface area contributed by atoms with E-state index in [0.29, 0.717) is 12.5 Å². The van der Waals surface area contributed by atoms with Crippen molar-refractivity contribution in [2.45, 2.75) is 25.9 Å². The maximum absolute atomic E-state index is 11.0. The zero-order valence-electron chi connectivity index (χ0n) is 7.95. The lowest BCUT2D eigenvalue weighted by Crippen LogP contribution is -2.37. The quantitative estimate of drug-likeness (QED) is 0.649. The highest BCUT2D eigenvalue weighted by Gasteiger charge is 2.15. The van der Waals surface area contributed by atoms with Crippen molar-refractivity contribution in [3.05, 3.63) is 0 Å². The van der Waals surface area contributed by atoms with Gasteiger partial charge >= 0.3 is 0 Å². The molecule has 1 atom stereocenters. The number of aliphatic hydroxyl groups is 1. The molecule has 1 aliphatic heterocycles. The molecule has 4 nitrogen and oxygen atoms in total. The fourth-order valence-electron chi connectivity index (χ4n) is 1.34. The largest absolute Gasteiger partial charge is 0.384 e. The van der Waals surface area contributed by atoms with Crippen LogP contribution in [0.1, 0.15) is 19.8 Å². The summed E-state index contributed by atoms with van der Waals surface area (Å²) in [5, 5.41) is 11.6. The van der Waals surface area contributed by atoms with Gasteiger partial charge in [0.2, 0.25) is 5.91 Å². The normalized spacial score (nSPS) is 21.1. The molecule has 1 rings (SSSR count). The first-order chi connectivity index (χ1) is 6.20. The summed E-state index contributed by atoms with van der Waals surface area (Å²) in [6, 6.07) is 0. The van der Waals surface area contributed by atoms with Gasteiger partial charge in [-0.3, -0.25) is 4.79 Å². The average Bonchev–Trinajstić information content (AvgIpc) is 2.15. The van der Waals surface area contributed by atoms with Gasteiger partial charge in [0.25, 0.3) is 0 Å². The molecule has 4 heteroatoms. The molecule has 0 aromatic rings. The van der Waals surface area contributed by atoms with E-state index in [1.807, 2.05) is 0 Å². The minimum Gasteiger partial charge on any atom is -0.384 e. The molecule has 1 amide bonds. The number of hydrogen-bond donors (Lipinski definition) is 2. The number of ether oxygens (including phenoxy) is 1. The van der Waals surface area contributed by atoms with E-state index in [2.05, 4.69) is 5.32 Å². The zero-order valence-corrected chi connectivity index (χ0v) is 7.95. The van der Waals surface area contributed by atoms with Crippen molar-refractivity contribution in [3.8, 4) is 0 Å². The summed E-state index contributed by atoms with van der Waals surface area (Å²) < 4.78 is 5.19. The highest BCUT2D eigenvalue weighted by molar-refractivity contribution is 5.79. The van der Waals surface area contributed by atoms with Crippen LogP contribution >= 0.6 is 0 Å². The molecule has 2 N–H and O–H groups in total. The third-order valence-electron chi connectivity index (χ3n) is 2.29. The maximum atomic E-state index is 11.0. The zero-order chi connectivity index (χ0) is 9.68. The molecular weight excluding hydrogens is 170 g/mol. The average molecular weight is 187 g/mol. The molecular formula is C9H17NO3. The van der Waals surface area contributed by atoms with Crippen LogP contribution in [0, 0.1) is 5.92 Å². The Morgan fingerprint density at radius 3 is 2.77 bits per heavy atom. The van der Waals surface area contributed by atoms with Crippen molar-refractivity contribution in [2.75, 3.05) is 19.8 Å². The summed E-state index contributed by atoms with van der Waals surface area (Å²) in [6.07, 6.45) is 1.10. The number of hydrogen-bond acceptors (Lipinski definition) is 3. The van der Waals surface area contributed by atoms with E-state index in [1.54, 1.807) is 0 Å². The standard InChI is InChI=1S/C9H17NO3/c1-7(11)9(12)10-6-8-2-4-13-5-3-8/h7-8,11H,2-6H2,1H3,(H,10,12)/t7-/m0/s1. The molecule has 0 aromatic carbocycles. The second kappa shape index (κ2) is 5.19. The van der Waals surface area contributed by atoms with Gasteiger partial charge < -0.3 is 15.2 Å². The van der Waals surface area contributed by atoms with Gasteiger partial charge in [-0.2, -0.15) is 0 Å². The Balaban J connectivity index is 2.13. The Kier molecular flexibility index (Phi) is 4.18. The van der Waals surface area contributed by atoms with Gasteiger partial charge in [-0.25, -0.2) is 0 Å². The number of rotatable bonds is 3. The Morgan fingerprint density at radius 1 is 1.62 bits per heavy atom. The van der Waals surface area contributed by atoms with E-state index in [-0.39, 0.29) is 5.91 Å². The molecule has 0 aliphatic carbocycles. The van der Waals surface area contributed by atoms with Crippen LogP contribution in [-0.4, -0.2) is 36.9 Å². The van der Waals surface area contributed by atoms with E-state index in [1.165, 1.54) is 6.92 Å². The topological polar surface area (TPSA) is 58.6 Å². The molecule has 0 saturated carbocycles. The lowest BCUT2D eigenvalue weighted by Gasteiger charge is -2.22. The Morgan fingerprint density at radius 2 is 2.23 bits per heavy atom. The van der Waals surface area contributed by atoms with Crippen molar-refractivity contribution in [2.24, 2.45) is 5.92 Å². The highest BCUT2D eigenvalue weighted by Crippen LogP contribution is 2.12. The molecule has 0 radical (unpaired) electrons. The minimum absolute atomic E-state index is 0.286. The monoisotopic (exact) mass is 187 g/mol. The van der Waals surface area contributed by atoms with E-state index in [0.717, 1.165) is 26.1 Å². The number of amides is 1. The predicted octanol–water partition coefficient (Wildman–Crippen LogP) is -0.0900. The van der Waals surface area contributed by atoms with E-state index in [4.69, 9.17) is 9.84 Å². The smallest absolute Gasteiger partial charge is 0.248 e. The molecule has 0 bridgehead atoms. The third kappa shape index (κ3) is 3.74. The molecule has 1 saturated heterocycles. The van der Waals surface area contributed by atoms with Crippen molar-refractivity contribution in [3.63, 3.8) is 0 Å². The fourth-order valence-corrected chi connectivity index (χ4v) is 1.34. The summed E-state index contributed by atoms with van der Waals surface area (Å²) >= 11 is 0. The van der Waals surface area contributed by atoms with Crippen LogP contribution in [0.5, 0.6) is 0 Å². The highest BCUT2D eigenvalue weighted by atomic mass is 16.5. The molecule has 1 aliphatic rings. The summed E-state index contributed by atoms with van der Waals surface area (Å²) in [4.78, 5) is 11.0. The van der Waals surface area contributed by atoms with Crippen LogP contribution in [0.15, 0.2) is 0 Å². The minimum atomic E-state index is -0.903. The predicted molar refractivity (Wildman–Crippen MR) is 48.2 cm³/mol. The SMILES string of the molecule is C[C@H](O)C(=O)NCC1CCOCC1. The van der Waals surface area contributed by atoms with Gasteiger partial charge in [-0.15, -0.1) is 0 Å². The lowest BCUT2D eigenvalue weighted by molar-refractivity contribution is -0.128. The Hall–Kier alpha value is -0.610. The van der Waals surface area contributed by atoms with Gasteiger partial charge in [0.15, 0.2) is 0 Å². The fraction of sp³-hybridized carbons (Fsp3) is 0.889. The van der Waals surface area contributed by atoms with Gasteiger partial charge in [-0.1, -0.05) is 0 Å². The van der Waals surface area contributed by atoms with Crippen LogP contribution in [0.2, 0.25) is 0 Å². The van der Waals surface area contributed by atoms with Gasteiger partial charge in [0, 0.05) is 19.8 Å². The number of carbonyl (C=O) groups is 1. The van der Waals surface area contributed by atoms with Crippen molar-refractivity contribution < 1.29 is 14.6 Å². The molecule has 1 fully saturated rings. The van der Waals surface area contributed by atoms with Gasteiger partial charge in [0.05, 0.1) is 0 Å². The van der Waals surface area contributed by atoms with Gasteiger partial charge in [-0.05, 0) is 25.7 Å². The first-order valence-corrected chi connectivity index (χ1v) is 4.73. The van der Waals surface area contributed by atoms with Crippen LogP contribution in [-0.2, 0) is 9.53 Å². The van der Waals surface area contributed by atoms with Crippen LogP contribution in [0.4, 0.5) is 0 Å². The second-order valence-corrected chi connectivity index (χ2v) is 3.48. The molecule has 13 heavy (non-hydrogen) atoms. The molecule has 0 aromatic heterocycles. The summed E-state index contributed by atoms with van der Waals surface area (Å²) in [5.74, 6) is 0.225.